The molecule has 0 fully saturated rings. The molecule has 0 aliphatic heterocycles. The first-order chi connectivity index (χ1) is 3.72. The first-order valence-corrected chi connectivity index (χ1v) is 2.37. The van der Waals surface area contributed by atoms with Gasteiger partial charge in [-0.3, -0.25) is 0 Å². The van der Waals surface area contributed by atoms with Crippen molar-refractivity contribution in [3.05, 3.63) is 0 Å². The summed E-state index contributed by atoms with van der Waals surface area (Å²) >= 11 is 0. The molecular formula is C4H11NO3. The van der Waals surface area contributed by atoms with Crippen LogP contribution in [0.2, 0.25) is 0 Å². The summed E-state index contributed by atoms with van der Waals surface area (Å²) in [5.41, 5.74) is 5.07. The van der Waals surface area contributed by atoms with Gasteiger partial charge < -0.3 is 21.1 Å². The maximum atomic E-state index is 8.59. The lowest BCUT2D eigenvalue weighted by Gasteiger charge is -2.12. The van der Waals surface area contributed by atoms with Crippen LogP contribution in [0.5, 0.6) is 0 Å². The van der Waals surface area contributed by atoms with Gasteiger partial charge in [0.1, 0.15) is 0 Å². The highest BCUT2D eigenvalue weighted by atomic mass is 16.3. The molecule has 0 aliphatic rings. The van der Waals surface area contributed by atoms with E-state index in [1.807, 2.05) is 0 Å². The number of nitrogens with two attached hydrogens (primary N) is 1. The van der Waals surface area contributed by atoms with Gasteiger partial charge in [0.25, 0.3) is 0 Å². The molecule has 0 spiro atoms. The average molecular weight is 121 g/mol. The van der Waals surface area contributed by atoms with Crippen molar-refractivity contribution in [1.82, 2.24) is 0 Å². The van der Waals surface area contributed by atoms with Gasteiger partial charge in [-0.2, -0.15) is 0 Å². The topological polar surface area (TPSA) is 86.7 Å². The molecule has 4 nitrogen and oxygen atoms in total. The molecule has 0 amide bonds. The quantitative estimate of drug-likeness (QED) is 0.337. The lowest BCUT2D eigenvalue weighted by atomic mass is 10.2. The molecule has 0 aromatic carbocycles. The van der Waals surface area contributed by atoms with E-state index >= 15 is 0 Å². The Hall–Kier alpha value is -0.160. The van der Waals surface area contributed by atoms with Crippen LogP contribution in [0.1, 0.15) is 0 Å². The highest BCUT2D eigenvalue weighted by molar-refractivity contribution is 4.68. The van der Waals surface area contributed by atoms with Crippen molar-refractivity contribution in [2.45, 2.75) is 12.1 Å². The summed E-state index contributed by atoms with van der Waals surface area (Å²) in [6.45, 7) is -0.705. The molecule has 0 aliphatic carbocycles. The number of rotatable bonds is 3. The summed E-state index contributed by atoms with van der Waals surface area (Å²) < 4.78 is 0. The smallest absolute Gasteiger partial charge is 0.0943 e. The lowest BCUT2D eigenvalue weighted by Crippen LogP contribution is -2.39. The maximum Gasteiger partial charge on any atom is 0.0943 e. The first-order valence-electron chi connectivity index (χ1n) is 2.37. The van der Waals surface area contributed by atoms with E-state index in [1.54, 1.807) is 0 Å². The third-order valence-corrected chi connectivity index (χ3v) is 0.892. The van der Waals surface area contributed by atoms with Gasteiger partial charge in [0.05, 0.1) is 25.4 Å². The fraction of sp³-hybridized carbons (Fsp3) is 1.00. The Morgan fingerprint density at radius 3 is 1.88 bits per heavy atom. The van der Waals surface area contributed by atoms with E-state index < -0.39 is 18.8 Å². The molecule has 4 heteroatoms. The summed E-state index contributed by atoms with van der Waals surface area (Å²) in [6.07, 6.45) is -1.00. The Bertz CT molecular complexity index is 51.2. The molecule has 50 valence electrons. The molecule has 0 saturated heterocycles. The van der Waals surface area contributed by atoms with Gasteiger partial charge in [-0.1, -0.05) is 0 Å². The van der Waals surface area contributed by atoms with E-state index in [0.29, 0.717) is 0 Å². The minimum absolute atomic E-state index is 0.304. The third-order valence-electron chi connectivity index (χ3n) is 0.892. The van der Waals surface area contributed by atoms with Crippen molar-refractivity contribution in [2.24, 2.45) is 5.73 Å². The zero-order valence-electron chi connectivity index (χ0n) is 4.49. The Morgan fingerprint density at radius 2 is 1.75 bits per heavy atom. The standard InChI is InChI=1S/C4H11NO3/c5-3(1-6)4(8)2-7/h3-4,6-8H,1-2,5H2/t3-,4-/m1/s1. The minimum atomic E-state index is -1.00. The molecule has 0 aromatic rings. The molecule has 0 heterocycles. The number of hydrogen-bond donors (Lipinski definition) is 4. The molecule has 0 saturated carbocycles. The van der Waals surface area contributed by atoms with Crippen LogP contribution in [0.3, 0.4) is 0 Å². The second kappa shape index (κ2) is 3.80. The van der Waals surface area contributed by atoms with Crippen molar-refractivity contribution in [3.63, 3.8) is 0 Å². The Kier molecular flexibility index (Phi) is 3.72. The summed E-state index contributed by atoms with van der Waals surface area (Å²) in [6, 6.07) is -0.722. The molecule has 0 radical (unpaired) electrons. The van der Waals surface area contributed by atoms with Gasteiger partial charge in [0, 0.05) is 0 Å². The van der Waals surface area contributed by atoms with Crippen LogP contribution in [-0.2, 0) is 0 Å². The zero-order chi connectivity index (χ0) is 6.57. The maximum absolute atomic E-state index is 8.59. The number of aliphatic hydroxyl groups excluding tert-OH is 3. The van der Waals surface area contributed by atoms with E-state index in [0.717, 1.165) is 0 Å². The predicted molar refractivity (Wildman–Crippen MR) is 28.2 cm³/mol. The van der Waals surface area contributed by atoms with Crippen molar-refractivity contribution in [2.75, 3.05) is 13.2 Å². The molecule has 0 bridgehead atoms. The Labute approximate surface area is 47.6 Å². The van der Waals surface area contributed by atoms with Gasteiger partial charge in [-0.15, -0.1) is 0 Å². The number of aliphatic hydroxyl groups is 3. The highest BCUT2D eigenvalue weighted by Gasteiger charge is 2.10. The van der Waals surface area contributed by atoms with E-state index in [2.05, 4.69) is 0 Å². The molecule has 8 heavy (non-hydrogen) atoms. The van der Waals surface area contributed by atoms with Crippen LogP contribution in [0, 0.1) is 0 Å². The minimum Gasteiger partial charge on any atom is -0.395 e. The van der Waals surface area contributed by atoms with E-state index in [9.17, 15) is 0 Å². The summed E-state index contributed by atoms with van der Waals surface area (Å²) in [4.78, 5) is 0. The van der Waals surface area contributed by atoms with Gasteiger partial charge in [-0.25, -0.2) is 0 Å². The van der Waals surface area contributed by atoms with Gasteiger partial charge in [0.2, 0.25) is 0 Å². The average Bonchev–Trinajstić information content (AvgIpc) is 1.84. The normalized spacial score (nSPS) is 18.0. The van der Waals surface area contributed by atoms with Crippen LogP contribution in [0.4, 0.5) is 0 Å². The molecule has 0 unspecified atom stereocenters. The zero-order valence-corrected chi connectivity index (χ0v) is 4.49. The molecule has 0 aromatic heterocycles. The SMILES string of the molecule is N[C@H](CO)[C@H](O)CO. The number of hydrogen-bond acceptors (Lipinski definition) is 4. The lowest BCUT2D eigenvalue weighted by molar-refractivity contribution is 0.0549. The highest BCUT2D eigenvalue weighted by Crippen LogP contribution is 1.84. The Morgan fingerprint density at radius 1 is 1.25 bits per heavy atom. The Balaban J connectivity index is 3.29. The molecule has 0 rings (SSSR count). The molecule has 2 atom stereocenters. The van der Waals surface area contributed by atoms with E-state index in [-0.39, 0.29) is 6.61 Å². The van der Waals surface area contributed by atoms with E-state index in [4.69, 9.17) is 21.1 Å². The summed E-state index contributed by atoms with van der Waals surface area (Å²) in [5.74, 6) is 0. The third kappa shape index (κ3) is 2.23. The predicted octanol–water partition coefficient (Wildman–Crippen LogP) is -2.34. The van der Waals surface area contributed by atoms with E-state index in [1.165, 1.54) is 0 Å². The van der Waals surface area contributed by atoms with Gasteiger partial charge in [0.15, 0.2) is 0 Å². The second-order valence-electron chi connectivity index (χ2n) is 1.60. The van der Waals surface area contributed by atoms with Crippen LogP contribution in [-0.4, -0.2) is 40.7 Å². The van der Waals surface area contributed by atoms with Gasteiger partial charge >= 0.3 is 0 Å². The first kappa shape index (κ1) is 7.84. The van der Waals surface area contributed by atoms with Crippen molar-refractivity contribution in [3.8, 4) is 0 Å². The van der Waals surface area contributed by atoms with Crippen molar-refractivity contribution < 1.29 is 15.3 Å². The fourth-order valence-electron chi connectivity index (χ4n) is 0.257. The van der Waals surface area contributed by atoms with Crippen molar-refractivity contribution in [1.29, 1.82) is 0 Å². The molecule has 5 N–H and O–H groups in total. The van der Waals surface area contributed by atoms with Crippen molar-refractivity contribution >= 4 is 0 Å². The fourth-order valence-corrected chi connectivity index (χ4v) is 0.257. The van der Waals surface area contributed by atoms with Crippen LogP contribution in [0.15, 0.2) is 0 Å². The summed E-state index contributed by atoms with van der Waals surface area (Å²) in [5, 5.41) is 25.0. The van der Waals surface area contributed by atoms with Crippen LogP contribution >= 0.6 is 0 Å². The van der Waals surface area contributed by atoms with Crippen LogP contribution < -0.4 is 5.73 Å². The largest absolute Gasteiger partial charge is 0.395 e. The van der Waals surface area contributed by atoms with Gasteiger partial charge in [-0.05, 0) is 0 Å². The second-order valence-corrected chi connectivity index (χ2v) is 1.60. The molecular weight excluding hydrogens is 110 g/mol. The monoisotopic (exact) mass is 121 g/mol. The summed E-state index contributed by atoms with van der Waals surface area (Å²) in [7, 11) is 0. The van der Waals surface area contributed by atoms with Crippen LogP contribution in [0.25, 0.3) is 0 Å².